The van der Waals surface area contributed by atoms with Crippen molar-refractivity contribution in [3.63, 3.8) is 0 Å². The molecule has 6 heteroatoms. The largest absolute Gasteiger partial charge is 0.495 e. The van der Waals surface area contributed by atoms with E-state index in [1.54, 1.807) is 13.3 Å². The Kier molecular flexibility index (Phi) is 4.19. The molecule has 6 nitrogen and oxygen atoms in total. The van der Waals surface area contributed by atoms with E-state index >= 15 is 0 Å². The molecule has 0 radical (unpaired) electrons. The third-order valence-corrected chi connectivity index (χ3v) is 5.77. The summed E-state index contributed by atoms with van der Waals surface area (Å²) >= 11 is 0. The third-order valence-electron chi connectivity index (χ3n) is 5.77. The van der Waals surface area contributed by atoms with Crippen molar-refractivity contribution in [1.82, 2.24) is 9.97 Å². The minimum absolute atomic E-state index is 0.0982. The number of ether oxygens (including phenoxy) is 1. The Morgan fingerprint density at radius 1 is 1.07 bits per heavy atom. The number of nitrogens with zero attached hydrogens (tertiary/aromatic N) is 4. The van der Waals surface area contributed by atoms with Crippen LogP contribution in [0.5, 0.6) is 5.75 Å². The summed E-state index contributed by atoms with van der Waals surface area (Å²) in [6, 6.07) is 18.0. The van der Waals surface area contributed by atoms with Crippen LogP contribution in [-0.4, -0.2) is 41.6 Å². The second-order valence-corrected chi connectivity index (χ2v) is 7.48. The number of amides is 1. The summed E-state index contributed by atoms with van der Waals surface area (Å²) in [4.78, 5) is 26.0. The van der Waals surface area contributed by atoms with Crippen molar-refractivity contribution in [2.45, 2.75) is 25.4 Å². The van der Waals surface area contributed by atoms with Crippen LogP contribution in [0.25, 0.3) is 11.1 Å². The smallest absolute Gasteiger partial charge is 0.250 e. The van der Waals surface area contributed by atoms with Crippen LogP contribution in [0.4, 0.5) is 11.5 Å². The summed E-state index contributed by atoms with van der Waals surface area (Å²) in [6.07, 6.45) is 2.54. The van der Waals surface area contributed by atoms with Gasteiger partial charge in [-0.2, -0.15) is 0 Å². The molecule has 146 valence electrons. The highest BCUT2D eigenvalue weighted by Gasteiger charge is 2.51. The zero-order valence-electron chi connectivity index (χ0n) is 16.4. The van der Waals surface area contributed by atoms with Gasteiger partial charge in [0.05, 0.1) is 18.8 Å². The first-order chi connectivity index (χ1) is 14.2. The summed E-state index contributed by atoms with van der Waals surface area (Å²) < 4.78 is 5.60. The summed E-state index contributed by atoms with van der Waals surface area (Å²) in [5.74, 6) is 2.35. The fraction of sp³-hybridized carbons (Fsp3) is 0.261. The maximum Gasteiger partial charge on any atom is 0.250 e. The van der Waals surface area contributed by atoms with Gasteiger partial charge in [0.25, 0.3) is 0 Å². The first-order valence-electron chi connectivity index (χ1n) is 9.78. The Morgan fingerprint density at radius 3 is 2.62 bits per heavy atom. The summed E-state index contributed by atoms with van der Waals surface area (Å²) in [7, 11) is 1.65. The molecule has 1 aromatic heterocycles. The van der Waals surface area contributed by atoms with E-state index in [9.17, 15) is 4.79 Å². The quantitative estimate of drug-likeness (QED) is 0.687. The number of piperazine rings is 1. The van der Waals surface area contributed by atoms with Crippen molar-refractivity contribution in [3.8, 4) is 16.9 Å². The fourth-order valence-electron chi connectivity index (χ4n) is 4.44. The van der Waals surface area contributed by atoms with Gasteiger partial charge in [-0.15, -0.1) is 0 Å². The Morgan fingerprint density at radius 2 is 1.90 bits per heavy atom. The van der Waals surface area contributed by atoms with Gasteiger partial charge >= 0.3 is 0 Å². The molecule has 2 bridgehead atoms. The van der Waals surface area contributed by atoms with E-state index in [4.69, 9.17) is 4.74 Å². The Hall–Kier alpha value is -3.41. The van der Waals surface area contributed by atoms with Gasteiger partial charge in [0.15, 0.2) is 0 Å². The topological polar surface area (TPSA) is 58.6 Å². The molecule has 2 fully saturated rings. The number of hydrogen-bond donors (Lipinski definition) is 0. The van der Waals surface area contributed by atoms with Crippen LogP contribution in [0.2, 0.25) is 0 Å². The molecule has 29 heavy (non-hydrogen) atoms. The lowest BCUT2D eigenvalue weighted by Gasteiger charge is -2.35. The van der Waals surface area contributed by atoms with E-state index in [1.807, 2.05) is 48.2 Å². The minimum Gasteiger partial charge on any atom is -0.495 e. The van der Waals surface area contributed by atoms with Gasteiger partial charge < -0.3 is 14.5 Å². The zero-order valence-corrected chi connectivity index (χ0v) is 16.4. The minimum atomic E-state index is -0.195. The summed E-state index contributed by atoms with van der Waals surface area (Å²) in [5.41, 5.74) is 3.02. The van der Waals surface area contributed by atoms with Crippen molar-refractivity contribution in [2.24, 2.45) is 0 Å². The summed E-state index contributed by atoms with van der Waals surface area (Å²) in [6.45, 7) is 2.62. The van der Waals surface area contributed by atoms with Crippen LogP contribution < -0.4 is 14.5 Å². The molecule has 0 saturated carbocycles. The number of aryl methyl sites for hydroxylation is 1. The first kappa shape index (κ1) is 17.7. The van der Waals surface area contributed by atoms with Gasteiger partial charge in [-0.3, -0.25) is 4.79 Å². The summed E-state index contributed by atoms with van der Waals surface area (Å²) in [5, 5.41) is 0. The van der Waals surface area contributed by atoms with Gasteiger partial charge in [-0.25, -0.2) is 9.97 Å². The lowest BCUT2D eigenvalue weighted by atomic mass is 10.0. The number of hydrogen-bond acceptors (Lipinski definition) is 5. The third kappa shape index (κ3) is 2.92. The number of anilines is 2. The van der Waals surface area contributed by atoms with E-state index in [0.717, 1.165) is 41.3 Å². The molecule has 2 saturated heterocycles. The fourth-order valence-corrected chi connectivity index (χ4v) is 4.44. The number of carbonyl (C=O) groups is 1. The maximum absolute atomic E-state index is 13.3. The van der Waals surface area contributed by atoms with Crippen LogP contribution in [0.1, 0.15) is 12.2 Å². The van der Waals surface area contributed by atoms with Crippen molar-refractivity contribution in [1.29, 1.82) is 0 Å². The molecule has 2 aliphatic heterocycles. The first-order valence-corrected chi connectivity index (χ1v) is 9.78. The molecule has 2 aromatic carbocycles. The van der Waals surface area contributed by atoms with Gasteiger partial charge in [-0.05, 0) is 42.7 Å². The Bertz CT molecular complexity index is 1070. The van der Waals surface area contributed by atoms with Crippen LogP contribution in [-0.2, 0) is 4.79 Å². The molecule has 3 heterocycles. The predicted molar refractivity (Wildman–Crippen MR) is 112 cm³/mol. The van der Waals surface area contributed by atoms with Crippen LogP contribution in [0.3, 0.4) is 0 Å². The molecular formula is C23H22N4O2. The average molecular weight is 386 g/mol. The van der Waals surface area contributed by atoms with Crippen molar-refractivity contribution in [3.05, 3.63) is 66.6 Å². The van der Waals surface area contributed by atoms with Crippen LogP contribution in [0.15, 0.2) is 60.8 Å². The monoisotopic (exact) mass is 386 g/mol. The standard InChI is InChI=1S/C23H22N4O2/c1-15-24-11-10-22(25-15)26-14-18-13-20(26)23(28)27(18)19-12-17(8-9-21(19)29-2)16-6-4-3-5-7-16/h3-12,18,20H,13-14H2,1-2H3/t18-,20-/m0/s1. The average Bonchev–Trinajstić information content (AvgIpc) is 3.32. The maximum atomic E-state index is 13.3. The van der Waals surface area contributed by atoms with Crippen molar-refractivity contribution in [2.75, 3.05) is 23.5 Å². The number of carbonyl (C=O) groups excluding carboxylic acids is 1. The molecule has 0 spiro atoms. The number of rotatable bonds is 4. The molecule has 5 rings (SSSR count). The molecule has 0 N–H and O–H groups in total. The van der Waals surface area contributed by atoms with Gasteiger partial charge in [0.1, 0.15) is 23.4 Å². The van der Waals surface area contributed by atoms with E-state index in [1.165, 1.54) is 0 Å². The zero-order chi connectivity index (χ0) is 20.0. The van der Waals surface area contributed by atoms with Gasteiger partial charge in [-0.1, -0.05) is 36.4 Å². The van der Waals surface area contributed by atoms with E-state index in [0.29, 0.717) is 5.82 Å². The lowest BCUT2D eigenvalue weighted by Crippen LogP contribution is -2.51. The Labute approximate surface area is 169 Å². The number of benzene rings is 2. The number of aromatic nitrogens is 2. The van der Waals surface area contributed by atoms with Gasteiger partial charge in [0, 0.05) is 12.7 Å². The molecule has 2 atom stereocenters. The highest BCUT2D eigenvalue weighted by molar-refractivity contribution is 6.05. The van der Waals surface area contributed by atoms with Crippen LogP contribution in [0, 0.1) is 6.92 Å². The molecule has 1 amide bonds. The van der Waals surface area contributed by atoms with E-state index in [2.05, 4.69) is 33.1 Å². The second-order valence-electron chi connectivity index (χ2n) is 7.48. The molecule has 2 aliphatic rings. The number of fused-ring (bicyclic) bond motifs is 2. The van der Waals surface area contributed by atoms with E-state index in [-0.39, 0.29) is 18.0 Å². The number of methoxy groups -OCH3 is 1. The molecule has 0 unspecified atom stereocenters. The molecule has 3 aromatic rings. The van der Waals surface area contributed by atoms with Crippen molar-refractivity contribution >= 4 is 17.4 Å². The van der Waals surface area contributed by atoms with Gasteiger partial charge in [0.2, 0.25) is 5.91 Å². The predicted octanol–water partition coefficient (Wildman–Crippen LogP) is 3.45. The SMILES string of the molecule is COc1ccc(-c2ccccc2)cc1N1C(=O)[C@@H]2C[C@H]1CN2c1ccnc(C)n1. The lowest BCUT2D eigenvalue weighted by molar-refractivity contribution is -0.118. The molecular weight excluding hydrogens is 364 g/mol. The highest BCUT2D eigenvalue weighted by atomic mass is 16.5. The highest BCUT2D eigenvalue weighted by Crippen LogP contribution is 2.42. The Balaban J connectivity index is 1.49. The van der Waals surface area contributed by atoms with E-state index < -0.39 is 0 Å². The second kappa shape index (κ2) is 6.88. The molecule has 0 aliphatic carbocycles. The normalized spacial score (nSPS) is 20.4. The van der Waals surface area contributed by atoms with Crippen molar-refractivity contribution < 1.29 is 9.53 Å². The van der Waals surface area contributed by atoms with Crippen LogP contribution >= 0.6 is 0 Å².